The number of carbonyl (C=O) groups excluding carboxylic acids is 2. The van der Waals surface area contributed by atoms with E-state index in [9.17, 15) is 30.8 Å². The van der Waals surface area contributed by atoms with E-state index in [0.29, 0.717) is 0 Å². The maximum Gasteiger partial charge on any atom is 0.243 e. The van der Waals surface area contributed by atoms with Crippen LogP contribution in [0.1, 0.15) is 23.7 Å². The smallest absolute Gasteiger partial charge is 0.243 e. The lowest BCUT2D eigenvalue weighted by atomic mass is 10.2. The number of piperazine rings is 1. The minimum Gasteiger partial charge on any atom is -0.340 e. The Morgan fingerprint density at radius 2 is 1.58 bits per heavy atom. The lowest BCUT2D eigenvalue weighted by molar-refractivity contribution is -0.132. The molecule has 0 atom stereocenters. The number of amides is 1. The van der Waals surface area contributed by atoms with Crippen LogP contribution < -0.4 is 4.72 Å². The number of carbonyl (C=O) groups is 2. The molecule has 2 aromatic carbocycles. The van der Waals surface area contributed by atoms with Gasteiger partial charge in [0.05, 0.1) is 9.79 Å². The van der Waals surface area contributed by atoms with Crippen molar-refractivity contribution in [2.24, 2.45) is 0 Å². The van der Waals surface area contributed by atoms with Crippen molar-refractivity contribution in [3.63, 3.8) is 0 Å². The van der Waals surface area contributed by atoms with Gasteiger partial charge in [0.25, 0.3) is 0 Å². The van der Waals surface area contributed by atoms with Gasteiger partial charge in [-0.25, -0.2) is 25.9 Å². The molecule has 0 bridgehead atoms. The van der Waals surface area contributed by atoms with E-state index in [1.807, 2.05) is 0 Å². The molecule has 1 heterocycles. The first kappa shape index (κ1) is 25.0. The molecule has 178 valence electrons. The summed E-state index contributed by atoms with van der Waals surface area (Å²) in [5, 5.41) is 0. The van der Waals surface area contributed by atoms with Crippen LogP contribution in [0.5, 0.6) is 0 Å². The Bertz CT molecular complexity index is 1260. The normalized spacial score (nSPS) is 15.4. The molecule has 0 unspecified atom stereocenters. The predicted molar refractivity (Wildman–Crippen MR) is 118 cm³/mol. The van der Waals surface area contributed by atoms with Crippen LogP contribution in [0.4, 0.5) is 4.39 Å². The fraction of sp³-hybridized carbons (Fsp3) is 0.333. The highest BCUT2D eigenvalue weighted by Gasteiger charge is 2.30. The molecule has 33 heavy (non-hydrogen) atoms. The Hall–Kier alpha value is -2.67. The summed E-state index contributed by atoms with van der Waals surface area (Å²) >= 11 is 0. The summed E-state index contributed by atoms with van der Waals surface area (Å²) in [5.41, 5.74) is 0.264. The van der Waals surface area contributed by atoms with Crippen LogP contribution >= 0.6 is 0 Å². The molecule has 1 N–H and O–H groups in total. The van der Waals surface area contributed by atoms with Crippen molar-refractivity contribution < 1.29 is 30.8 Å². The summed E-state index contributed by atoms with van der Waals surface area (Å²) < 4.78 is 67.1. The van der Waals surface area contributed by atoms with Gasteiger partial charge in [0.2, 0.25) is 26.0 Å². The molecule has 0 saturated carbocycles. The van der Waals surface area contributed by atoms with Crippen molar-refractivity contribution in [2.75, 3.05) is 32.7 Å². The van der Waals surface area contributed by atoms with Gasteiger partial charge in [-0.05, 0) is 37.3 Å². The molecule has 0 radical (unpaired) electrons. The number of Topliss-reactive ketones (excluding diaryl/α,β-unsaturated/α-hetero) is 1. The third-order valence-electron chi connectivity index (χ3n) is 5.21. The molecule has 1 amide bonds. The third-order valence-corrected chi connectivity index (χ3v) is 8.56. The molecule has 0 spiro atoms. The SMILES string of the molecule is CC(=O)c1cccc(S(=O)(=O)NCCC(=O)N2CCN(S(=O)(=O)c3cccc(F)c3)CC2)c1. The minimum atomic E-state index is -3.90. The monoisotopic (exact) mass is 497 g/mol. The van der Waals surface area contributed by atoms with E-state index in [2.05, 4.69) is 4.72 Å². The van der Waals surface area contributed by atoms with E-state index >= 15 is 0 Å². The van der Waals surface area contributed by atoms with Crippen LogP contribution in [0.15, 0.2) is 58.3 Å². The van der Waals surface area contributed by atoms with Crippen LogP contribution in [0.2, 0.25) is 0 Å². The Balaban J connectivity index is 1.52. The summed E-state index contributed by atoms with van der Waals surface area (Å²) in [6, 6.07) is 10.3. The molecular weight excluding hydrogens is 473 g/mol. The zero-order chi connectivity index (χ0) is 24.2. The van der Waals surface area contributed by atoms with Crippen LogP contribution in [0.25, 0.3) is 0 Å². The number of rotatable bonds is 8. The topological polar surface area (TPSA) is 121 Å². The van der Waals surface area contributed by atoms with E-state index in [4.69, 9.17) is 0 Å². The number of hydrogen-bond donors (Lipinski definition) is 1. The first-order valence-corrected chi connectivity index (χ1v) is 13.1. The minimum absolute atomic E-state index is 0.0498. The van der Waals surface area contributed by atoms with Crippen molar-refractivity contribution >= 4 is 31.7 Å². The van der Waals surface area contributed by atoms with Gasteiger partial charge < -0.3 is 4.90 Å². The highest BCUT2D eigenvalue weighted by molar-refractivity contribution is 7.89. The fourth-order valence-corrected chi connectivity index (χ4v) is 5.90. The molecule has 2 aromatic rings. The summed E-state index contributed by atoms with van der Waals surface area (Å²) in [5.74, 6) is -1.24. The fourth-order valence-electron chi connectivity index (χ4n) is 3.37. The molecule has 1 saturated heterocycles. The molecule has 9 nitrogen and oxygen atoms in total. The summed E-state index contributed by atoms with van der Waals surface area (Å²) in [7, 11) is -7.77. The number of hydrogen-bond acceptors (Lipinski definition) is 6. The van der Waals surface area contributed by atoms with E-state index in [1.54, 1.807) is 0 Å². The Morgan fingerprint density at radius 3 is 2.21 bits per heavy atom. The molecule has 0 aliphatic carbocycles. The first-order chi connectivity index (χ1) is 15.5. The lowest BCUT2D eigenvalue weighted by Gasteiger charge is -2.34. The number of sulfonamides is 2. The second-order valence-corrected chi connectivity index (χ2v) is 11.2. The van der Waals surface area contributed by atoms with Crippen LogP contribution in [-0.2, 0) is 24.8 Å². The van der Waals surface area contributed by atoms with Gasteiger partial charge in [0.1, 0.15) is 5.82 Å². The van der Waals surface area contributed by atoms with Gasteiger partial charge in [-0.3, -0.25) is 9.59 Å². The zero-order valence-electron chi connectivity index (χ0n) is 17.9. The number of nitrogens with zero attached hydrogens (tertiary/aromatic N) is 2. The third kappa shape index (κ3) is 6.02. The van der Waals surface area contributed by atoms with Crippen LogP contribution in [0.3, 0.4) is 0 Å². The zero-order valence-corrected chi connectivity index (χ0v) is 19.5. The molecule has 12 heteroatoms. The van der Waals surface area contributed by atoms with Gasteiger partial charge in [-0.1, -0.05) is 18.2 Å². The van der Waals surface area contributed by atoms with Crippen molar-refractivity contribution in [2.45, 2.75) is 23.1 Å². The van der Waals surface area contributed by atoms with Crippen molar-refractivity contribution in [1.82, 2.24) is 13.9 Å². The quantitative estimate of drug-likeness (QED) is 0.548. The van der Waals surface area contributed by atoms with E-state index in [-0.39, 0.29) is 66.2 Å². The van der Waals surface area contributed by atoms with E-state index in [0.717, 1.165) is 12.1 Å². The number of ketones is 1. The average Bonchev–Trinajstić information content (AvgIpc) is 2.79. The molecule has 1 fully saturated rings. The van der Waals surface area contributed by atoms with Crippen LogP contribution in [-0.4, -0.2) is 70.5 Å². The van der Waals surface area contributed by atoms with Crippen molar-refractivity contribution in [3.8, 4) is 0 Å². The average molecular weight is 498 g/mol. The number of benzene rings is 2. The molecule has 1 aliphatic rings. The van der Waals surface area contributed by atoms with Gasteiger partial charge in [0, 0.05) is 44.7 Å². The predicted octanol–water partition coefficient (Wildman–Crippen LogP) is 1.23. The van der Waals surface area contributed by atoms with Gasteiger partial charge in [-0.2, -0.15) is 4.31 Å². The lowest BCUT2D eigenvalue weighted by Crippen LogP contribution is -2.50. The molecule has 0 aromatic heterocycles. The van der Waals surface area contributed by atoms with E-state index < -0.39 is 25.9 Å². The van der Waals surface area contributed by atoms with Gasteiger partial charge in [-0.15, -0.1) is 0 Å². The van der Waals surface area contributed by atoms with Crippen LogP contribution in [0, 0.1) is 5.82 Å². The Morgan fingerprint density at radius 1 is 0.939 bits per heavy atom. The second kappa shape index (κ2) is 10.1. The van der Waals surface area contributed by atoms with Crippen molar-refractivity contribution in [1.29, 1.82) is 0 Å². The Labute approximate surface area is 192 Å². The summed E-state index contributed by atoms with van der Waals surface area (Å²) in [6.45, 7) is 1.57. The molecular formula is C21H24FN3O6S2. The maximum absolute atomic E-state index is 13.4. The highest BCUT2D eigenvalue weighted by Crippen LogP contribution is 2.19. The largest absolute Gasteiger partial charge is 0.340 e. The van der Waals surface area contributed by atoms with Crippen molar-refractivity contribution in [3.05, 3.63) is 59.9 Å². The second-order valence-electron chi connectivity index (χ2n) is 7.47. The summed E-state index contributed by atoms with van der Waals surface area (Å²) in [6.07, 6.45) is -0.109. The maximum atomic E-state index is 13.4. The highest BCUT2D eigenvalue weighted by atomic mass is 32.2. The van der Waals surface area contributed by atoms with Gasteiger partial charge in [0.15, 0.2) is 5.78 Å². The Kier molecular flexibility index (Phi) is 7.62. The molecule has 3 rings (SSSR count). The number of nitrogens with one attached hydrogen (secondary N) is 1. The molecule has 1 aliphatic heterocycles. The number of halogens is 1. The first-order valence-electron chi connectivity index (χ1n) is 10.1. The standard InChI is InChI=1S/C21H24FN3O6S2/c1-16(26)17-4-2-6-19(14-17)32(28,29)23-9-8-21(27)24-10-12-25(13-11-24)33(30,31)20-7-3-5-18(22)15-20/h2-7,14-15,23H,8-13H2,1H3. The van der Waals surface area contributed by atoms with E-state index in [1.165, 1.54) is 52.5 Å². The van der Waals surface area contributed by atoms with Gasteiger partial charge >= 0.3 is 0 Å². The summed E-state index contributed by atoms with van der Waals surface area (Å²) in [4.78, 5) is 25.2.